The second kappa shape index (κ2) is 4.09. The molecule has 1 aliphatic rings. The number of hydrogen-bond acceptors (Lipinski definition) is 1. The minimum Gasteiger partial charge on any atom is -0.494 e. The molecular formula is C14H18O. The van der Waals surface area contributed by atoms with Gasteiger partial charge in [-0.25, -0.2) is 0 Å². The zero-order valence-corrected chi connectivity index (χ0v) is 9.60. The first-order chi connectivity index (χ1) is 7.18. The van der Waals surface area contributed by atoms with E-state index in [1.54, 1.807) is 0 Å². The van der Waals surface area contributed by atoms with Crippen LogP contribution in [0.5, 0.6) is 0 Å². The lowest BCUT2D eigenvalue weighted by atomic mass is 9.88. The molecule has 80 valence electrons. The van der Waals surface area contributed by atoms with Gasteiger partial charge in [0.2, 0.25) is 0 Å². The molecule has 15 heavy (non-hydrogen) atoms. The van der Waals surface area contributed by atoms with E-state index in [9.17, 15) is 0 Å². The van der Waals surface area contributed by atoms with Gasteiger partial charge in [-0.05, 0) is 24.5 Å². The van der Waals surface area contributed by atoms with E-state index < -0.39 is 0 Å². The van der Waals surface area contributed by atoms with Crippen LogP contribution in [0.25, 0.3) is 0 Å². The molecule has 0 N–H and O–H groups in total. The summed E-state index contributed by atoms with van der Waals surface area (Å²) in [6, 6.07) is 10.6. The standard InChI is InChI=1S/C14H18O/c1-10(2)14-13(9-11(3)15-14)12-7-5-4-6-8-12/h4-10,13-14H,1-3H3. The summed E-state index contributed by atoms with van der Waals surface area (Å²) in [4.78, 5) is 0. The van der Waals surface area contributed by atoms with Gasteiger partial charge in [-0.3, -0.25) is 0 Å². The molecule has 2 rings (SSSR count). The lowest BCUT2D eigenvalue weighted by molar-refractivity contribution is 0.0916. The van der Waals surface area contributed by atoms with E-state index in [2.05, 4.69) is 50.3 Å². The van der Waals surface area contributed by atoms with Crippen molar-refractivity contribution in [2.45, 2.75) is 32.8 Å². The van der Waals surface area contributed by atoms with Crippen molar-refractivity contribution in [1.82, 2.24) is 0 Å². The first kappa shape index (κ1) is 10.3. The van der Waals surface area contributed by atoms with Crippen LogP contribution in [0, 0.1) is 5.92 Å². The Morgan fingerprint density at radius 1 is 1.13 bits per heavy atom. The molecule has 2 unspecified atom stereocenters. The van der Waals surface area contributed by atoms with Crippen molar-refractivity contribution in [3.8, 4) is 0 Å². The summed E-state index contributed by atoms with van der Waals surface area (Å²) in [6.07, 6.45) is 2.53. The normalized spacial score (nSPS) is 25.2. The topological polar surface area (TPSA) is 9.23 Å². The monoisotopic (exact) mass is 202 g/mol. The summed E-state index contributed by atoms with van der Waals surface area (Å²) in [6.45, 7) is 6.47. The molecule has 1 heterocycles. The van der Waals surface area contributed by atoms with E-state index in [1.165, 1.54) is 5.56 Å². The van der Waals surface area contributed by atoms with Crippen LogP contribution >= 0.6 is 0 Å². The molecular weight excluding hydrogens is 184 g/mol. The number of allylic oxidation sites excluding steroid dienone is 1. The molecule has 1 aromatic rings. The highest BCUT2D eigenvalue weighted by molar-refractivity contribution is 5.28. The van der Waals surface area contributed by atoms with Crippen molar-refractivity contribution in [1.29, 1.82) is 0 Å². The van der Waals surface area contributed by atoms with E-state index >= 15 is 0 Å². The third kappa shape index (κ3) is 2.06. The van der Waals surface area contributed by atoms with Gasteiger partial charge in [0.15, 0.2) is 0 Å². The molecule has 0 fully saturated rings. The first-order valence-electron chi connectivity index (χ1n) is 5.58. The molecule has 2 atom stereocenters. The minimum absolute atomic E-state index is 0.299. The van der Waals surface area contributed by atoms with Gasteiger partial charge in [-0.1, -0.05) is 44.2 Å². The van der Waals surface area contributed by atoms with E-state index in [0.717, 1.165) is 5.76 Å². The molecule has 0 spiro atoms. The summed E-state index contributed by atoms with van der Waals surface area (Å²) < 4.78 is 5.85. The van der Waals surface area contributed by atoms with Crippen LogP contribution in [-0.4, -0.2) is 6.10 Å². The summed E-state index contributed by atoms with van der Waals surface area (Å²) >= 11 is 0. The van der Waals surface area contributed by atoms with Gasteiger partial charge in [0.1, 0.15) is 6.10 Å². The maximum Gasteiger partial charge on any atom is 0.111 e. The maximum absolute atomic E-state index is 5.85. The number of hydrogen-bond donors (Lipinski definition) is 0. The highest BCUT2D eigenvalue weighted by Crippen LogP contribution is 2.35. The molecule has 1 aromatic carbocycles. The van der Waals surface area contributed by atoms with E-state index in [4.69, 9.17) is 4.74 Å². The Labute approximate surface area is 91.8 Å². The Hall–Kier alpha value is -1.24. The molecule has 1 aliphatic heterocycles. The van der Waals surface area contributed by atoms with Crippen molar-refractivity contribution in [2.24, 2.45) is 5.92 Å². The predicted octanol–water partition coefficient (Wildman–Crippen LogP) is 3.73. The van der Waals surface area contributed by atoms with Crippen molar-refractivity contribution in [3.05, 3.63) is 47.7 Å². The first-order valence-corrected chi connectivity index (χ1v) is 5.58. The molecule has 1 nitrogen and oxygen atoms in total. The van der Waals surface area contributed by atoms with Gasteiger partial charge >= 0.3 is 0 Å². The van der Waals surface area contributed by atoms with Gasteiger partial charge < -0.3 is 4.74 Å². The van der Waals surface area contributed by atoms with E-state index in [0.29, 0.717) is 17.9 Å². The molecule has 0 aromatic heterocycles. The Morgan fingerprint density at radius 3 is 2.40 bits per heavy atom. The van der Waals surface area contributed by atoms with Crippen molar-refractivity contribution in [2.75, 3.05) is 0 Å². The Bertz CT molecular complexity index is 351. The zero-order valence-electron chi connectivity index (χ0n) is 9.60. The number of benzene rings is 1. The quantitative estimate of drug-likeness (QED) is 0.710. The number of ether oxygens (including phenoxy) is 1. The van der Waals surface area contributed by atoms with Crippen LogP contribution in [0.15, 0.2) is 42.2 Å². The van der Waals surface area contributed by atoms with Crippen LogP contribution < -0.4 is 0 Å². The molecule has 0 bridgehead atoms. The fourth-order valence-electron chi connectivity index (χ4n) is 2.19. The summed E-state index contributed by atoms with van der Waals surface area (Å²) in [5.41, 5.74) is 1.35. The molecule has 0 saturated heterocycles. The molecule has 1 heteroatoms. The largest absolute Gasteiger partial charge is 0.494 e. The van der Waals surface area contributed by atoms with E-state index in [-0.39, 0.29) is 0 Å². The highest BCUT2D eigenvalue weighted by atomic mass is 16.5. The van der Waals surface area contributed by atoms with Crippen LogP contribution in [0.2, 0.25) is 0 Å². The van der Waals surface area contributed by atoms with Crippen LogP contribution in [-0.2, 0) is 4.74 Å². The van der Waals surface area contributed by atoms with Crippen molar-refractivity contribution >= 4 is 0 Å². The molecule has 0 amide bonds. The number of rotatable bonds is 2. The Morgan fingerprint density at radius 2 is 1.80 bits per heavy atom. The minimum atomic E-state index is 0.299. The molecule has 0 radical (unpaired) electrons. The average Bonchev–Trinajstić information content (AvgIpc) is 2.62. The van der Waals surface area contributed by atoms with E-state index in [1.807, 2.05) is 6.92 Å². The molecule has 0 aliphatic carbocycles. The van der Waals surface area contributed by atoms with Crippen molar-refractivity contribution in [3.63, 3.8) is 0 Å². The third-order valence-corrected chi connectivity index (χ3v) is 2.93. The van der Waals surface area contributed by atoms with Crippen LogP contribution in [0.1, 0.15) is 32.3 Å². The fourth-order valence-corrected chi connectivity index (χ4v) is 2.19. The lowest BCUT2D eigenvalue weighted by Gasteiger charge is -2.22. The molecule has 0 saturated carbocycles. The Balaban J connectivity index is 2.27. The highest BCUT2D eigenvalue weighted by Gasteiger charge is 2.30. The van der Waals surface area contributed by atoms with Crippen LogP contribution in [0.4, 0.5) is 0 Å². The third-order valence-electron chi connectivity index (χ3n) is 2.93. The van der Waals surface area contributed by atoms with Crippen molar-refractivity contribution < 1.29 is 4.74 Å². The fraction of sp³-hybridized carbons (Fsp3) is 0.429. The second-order valence-electron chi connectivity index (χ2n) is 4.54. The van der Waals surface area contributed by atoms with Gasteiger partial charge in [0, 0.05) is 5.92 Å². The smallest absolute Gasteiger partial charge is 0.111 e. The lowest BCUT2D eigenvalue weighted by Crippen LogP contribution is -2.21. The summed E-state index contributed by atoms with van der Waals surface area (Å²) in [5.74, 6) is 2.03. The van der Waals surface area contributed by atoms with Gasteiger partial charge in [-0.15, -0.1) is 0 Å². The second-order valence-corrected chi connectivity index (χ2v) is 4.54. The Kier molecular flexibility index (Phi) is 2.81. The predicted molar refractivity (Wildman–Crippen MR) is 62.7 cm³/mol. The summed E-state index contributed by atoms with van der Waals surface area (Å²) in [5, 5.41) is 0. The maximum atomic E-state index is 5.85. The van der Waals surface area contributed by atoms with Gasteiger partial charge in [0.05, 0.1) is 5.76 Å². The van der Waals surface area contributed by atoms with Crippen LogP contribution in [0.3, 0.4) is 0 Å². The van der Waals surface area contributed by atoms with Gasteiger partial charge in [0.25, 0.3) is 0 Å². The SMILES string of the molecule is CC1=CC(c2ccccc2)C(C(C)C)O1. The average molecular weight is 202 g/mol. The van der Waals surface area contributed by atoms with Gasteiger partial charge in [-0.2, -0.15) is 0 Å². The zero-order chi connectivity index (χ0) is 10.8. The summed E-state index contributed by atoms with van der Waals surface area (Å²) in [7, 11) is 0.